The molecule has 2 aromatic rings. The minimum Gasteiger partial charge on any atom is -0.337 e. The second-order valence-corrected chi connectivity index (χ2v) is 4.87. The lowest BCUT2D eigenvalue weighted by Gasteiger charge is -2.16. The summed E-state index contributed by atoms with van der Waals surface area (Å²) in [6, 6.07) is 10.0. The third-order valence-corrected chi connectivity index (χ3v) is 3.49. The topological polar surface area (TPSA) is 33.2 Å². The van der Waals surface area contributed by atoms with Crippen LogP contribution in [0.5, 0.6) is 0 Å². The summed E-state index contributed by atoms with van der Waals surface area (Å²) in [5.74, 6) is 2.88. The van der Waals surface area contributed by atoms with Gasteiger partial charge in [0.15, 0.2) is 0 Å². The molecule has 1 fully saturated rings. The fourth-order valence-corrected chi connectivity index (χ4v) is 2.48. The van der Waals surface area contributed by atoms with Crippen molar-refractivity contribution in [3.63, 3.8) is 0 Å². The zero-order chi connectivity index (χ0) is 13.2. The Morgan fingerprint density at radius 2 is 2.32 bits per heavy atom. The SMILES string of the molecule is C#CC1CC(=O)N(Cc2ccc3ncccc3c2)C1. The van der Waals surface area contributed by atoms with Gasteiger partial charge >= 0.3 is 0 Å². The van der Waals surface area contributed by atoms with Crippen molar-refractivity contribution in [3.8, 4) is 12.3 Å². The second kappa shape index (κ2) is 4.74. The van der Waals surface area contributed by atoms with Gasteiger partial charge in [0.2, 0.25) is 5.91 Å². The zero-order valence-electron chi connectivity index (χ0n) is 10.5. The first kappa shape index (κ1) is 11.7. The highest BCUT2D eigenvalue weighted by atomic mass is 16.2. The van der Waals surface area contributed by atoms with E-state index in [-0.39, 0.29) is 11.8 Å². The summed E-state index contributed by atoms with van der Waals surface area (Å²) in [7, 11) is 0. The van der Waals surface area contributed by atoms with Crippen LogP contribution in [-0.4, -0.2) is 22.3 Å². The van der Waals surface area contributed by atoms with Crippen molar-refractivity contribution in [3.05, 3.63) is 42.1 Å². The van der Waals surface area contributed by atoms with Gasteiger partial charge in [-0.05, 0) is 23.8 Å². The average molecular weight is 250 g/mol. The number of carbonyl (C=O) groups excluding carboxylic acids is 1. The quantitative estimate of drug-likeness (QED) is 0.766. The van der Waals surface area contributed by atoms with E-state index in [0.29, 0.717) is 19.5 Å². The number of benzene rings is 1. The summed E-state index contributed by atoms with van der Waals surface area (Å²) in [6.07, 6.45) is 7.65. The number of likely N-dealkylation sites (tertiary alicyclic amines) is 1. The molecule has 3 rings (SSSR count). The fraction of sp³-hybridized carbons (Fsp3) is 0.250. The van der Waals surface area contributed by atoms with E-state index in [2.05, 4.69) is 17.0 Å². The maximum absolute atomic E-state index is 11.8. The van der Waals surface area contributed by atoms with Gasteiger partial charge in [0.05, 0.1) is 5.52 Å². The lowest BCUT2D eigenvalue weighted by molar-refractivity contribution is -0.128. The van der Waals surface area contributed by atoms with Crippen molar-refractivity contribution in [2.45, 2.75) is 13.0 Å². The van der Waals surface area contributed by atoms with Gasteiger partial charge in [-0.15, -0.1) is 12.3 Å². The summed E-state index contributed by atoms with van der Waals surface area (Å²) in [6.45, 7) is 1.29. The van der Waals surface area contributed by atoms with E-state index in [0.717, 1.165) is 16.5 Å². The van der Waals surface area contributed by atoms with E-state index in [9.17, 15) is 4.79 Å². The summed E-state index contributed by atoms with van der Waals surface area (Å²) in [5, 5.41) is 1.10. The summed E-state index contributed by atoms with van der Waals surface area (Å²) < 4.78 is 0. The standard InChI is InChI=1S/C16H14N2O/c1-2-12-9-16(19)18(10-12)11-13-5-6-15-14(8-13)4-3-7-17-15/h1,3-8,12H,9-11H2. The largest absolute Gasteiger partial charge is 0.337 e. The van der Waals surface area contributed by atoms with Crippen LogP contribution in [0, 0.1) is 18.3 Å². The number of aromatic nitrogens is 1. The number of amides is 1. The van der Waals surface area contributed by atoms with Crippen LogP contribution >= 0.6 is 0 Å². The van der Waals surface area contributed by atoms with Crippen LogP contribution in [0.3, 0.4) is 0 Å². The first-order chi connectivity index (χ1) is 9.26. The van der Waals surface area contributed by atoms with Crippen LogP contribution in [-0.2, 0) is 11.3 Å². The van der Waals surface area contributed by atoms with E-state index in [1.807, 2.05) is 29.2 Å². The molecular weight excluding hydrogens is 236 g/mol. The number of terminal acetylenes is 1. The van der Waals surface area contributed by atoms with E-state index in [1.165, 1.54) is 0 Å². The number of fused-ring (bicyclic) bond motifs is 1. The molecule has 2 heterocycles. The Kier molecular flexibility index (Phi) is 2.92. The summed E-state index contributed by atoms with van der Waals surface area (Å²) in [4.78, 5) is 18.0. The molecule has 1 aromatic heterocycles. The molecule has 1 aliphatic rings. The Morgan fingerprint density at radius 1 is 1.42 bits per heavy atom. The molecule has 0 spiro atoms. The predicted octanol–water partition coefficient (Wildman–Crippen LogP) is 2.22. The Morgan fingerprint density at radius 3 is 3.11 bits per heavy atom. The van der Waals surface area contributed by atoms with Crippen molar-refractivity contribution >= 4 is 16.8 Å². The van der Waals surface area contributed by atoms with Gasteiger partial charge in [-0.25, -0.2) is 0 Å². The third kappa shape index (κ3) is 2.30. The van der Waals surface area contributed by atoms with Gasteiger partial charge in [-0.2, -0.15) is 0 Å². The molecule has 19 heavy (non-hydrogen) atoms. The number of carbonyl (C=O) groups is 1. The molecule has 1 aliphatic heterocycles. The maximum atomic E-state index is 11.8. The highest BCUT2D eigenvalue weighted by molar-refractivity contribution is 5.80. The molecule has 3 heteroatoms. The highest BCUT2D eigenvalue weighted by Crippen LogP contribution is 2.21. The average Bonchev–Trinajstić information content (AvgIpc) is 2.79. The van der Waals surface area contributed by atoms with Crippen LogP contribution in [0.4, 0.5) is 0 Å². The molecular formula is C16H14N2O. The minimum atomic E-state index is 0.0645. The molecule has 94 valence electrons. The minimum absolute atomic E-state index is 0.0645. The first-order valence-electron chi connectivity index (χ1n) is 6.34. The molecule has 0 aliphatic carbocycles. The van der Waals surface area contributed by atoms with Crippen molar-refractivity contribution in [1.29, 1.82) is 0 Å². The van der Waals surface area contributed by atoms with Gasteiger partial charge in [-0.1, -0.05) is 12.1 Å². The molecule has 0 saturated carbocycles. The Labute approximate surface area is 112 Å². The molecule has 1 unspecified atom stereocenters. The van der Waals surface area contributed by atoms with Crippen molar-refractivity contribution in [2.24, 2.45) is 5.92 Å². The van der Waals surface area contributed by atoms with Crippen LogP contribution in [0.15, 0.2) is 36.5 Å². The van der Waals surface area contributed by atoms with E-state index in [4.69, 9.17) is 6.42 Å². The second-order valence-electron chi connectivity index (χ2n) is 4.87. The van der Waals surface area contributed by atoms with Crippen molar-refractivity contribution in [1.82, 2.24) is 9.88 Å². The Balaban J connectivity index is 1.82. The molecule has 1 saturated heterocycles. The van der Waals surface area contributed by atoms with Crippen LogP contribution in [0.2, 0.25) is 0 Å². The fourth-order valence-electron chi connectivity index (χ4n) is 2.48. The first-order valence-corrected chi connectivity index (χ1v) is 6.34. The zero-order valence-corrected chi connectivity index (χ0v) is 10.5. The van der Waals surface area contributed by atoms with E-state index >= 15 is 0 Å². The number of pyridine rings is 1. The van der Waals surface area contributed by atoms with Gasteiger partial charge in [0.1, 0.15) is 0 Å². The summed E-state index contributed by atoms with van der Waals surface area (Å²) >= 11 is 0. The monoisotopic (exact) mass is 250 g/mol. The number of rotatable bonds is 2. The van der Waals surface area contributed by atoms with E-state index in [1.54, 1.807) is 6.20 Å². The lowest BCUT2D eigenvalue weighted by atomic mass is 10.1. The lowest BCUT2D eigenvalue weighted by Crippen LogP contribution is -2.24. The molecule has 0 radical (unpaired) electrons. The Bertz CT molecular complexity index is 672. The van der Waals surface area contributed by atoms with Gasteiger partial charge < -0.3 is 4.90 Å². The van der Waals surface area contributed by atoms with E-state index < -0.39 is 0 Å². The van der Waals surface area contributed by atoms with Crippen LogP contribution < -0.4 is 0 Å². The molecule has 1 amide bonds. The van der Waals surface area contributed by atoms with Crippen molar-refractivity contribution in [2.75, 3.05) is 6.54 Å². The van der Waals surface area contributed by atoms with Crippen LogP contribution in [0.25, 0.3) is 10.9 Å². The van der Waals surface area contributed by atoms with Gasteiger partial charge in [0, 0.05) is 37.0 Å². The predicted molar refractivity (Wildman–Crippen MR) is 74.1 cm³/mol. The molecule has 3 nitrogen and oxygen atoms in total. The third-order valence-electron chi connectivity index (χ3n) is 3.49. The van der Waals surface area contributed by atoms with Crippen LogP contribution in [0.1, 0.15) is 12.0 Å². The smallest absolute Gasteiger partial charge is 0.224 e. The molecule has 1 atom stereocenters. The van der Waals surface area contributed by atoms with Gasteiger partial charge in [-0.3, -0.25) is 9.78 Å². The van der Waals surface area contributed by atoms with Crippen molar-refractivity contribution < 1.29 is 4.79 Å². The normalized spacial score (nSPS) is 18.8. The molecule has 1 aromatic carbocycles. The number of hydrogen-bond acceptors (Lipinski definition) is 2. The van der Waals surface area contributed by atoms with Gasteiger partial charge in [0.25, 0.3) is 0 Å². The molecule has 0 N–H and O–H groups in total. The highest BCUT2D eigenvalue weighted by Gasteiger charge is 2.27. The molecule has 0 bridgehead atoms. The Hall–Kier alpha value is -2.34. The number of nitrogens with zero attached hydrogens (tertiary/aromatic N) is 2. The number of hydrogen-bond donors (Lipinski definition) is 0. The summed E-state index contributed by atoms with van der Waals surface area (Å²) in [5.41, 5.74) is 2.09. The maximum Gasteiger partial charge on any atom is 0.224 e.